The number of aryl methyl sites for hydroxylation is 1. The van der Waals surface area contributed by atoms with Crippen LogP contribution >= 0.6 is 11.3 Å². The van der Waals surface area contributed by atoms with Crippen molar-refractivity contribution in [1.29, 1.82) is 0 Å². The molecule has 0 aliphatic carbocycles. The number of carbonyl (C=O) groups is 1. The second-order valence-corrected chi connectivity index (χ2v) is 6.56. The van der Waals surface area contributed by atoms with Gasteiger partial charge in [0.15, 0.2) is 0 Å². The van der Waals surface area contributed by atoms with E-state index in [-0.39, 0.29) is 5.97 Å². The molecule has 0 bridgehead atoms. The number of anilines is 1. The van der Waals surface area contributed by atoms with Crippen molar-refractivity contribution in [3.05, 3.63) is 29.0 Å². The third kappa shape index (κ3) is 3.04. The molecule has 20 heavy (non-hydrogen) atoms. The number of nitrogens with two attached hydrogens (primary N) is 1. The summed E-state index contributed by atoms with van der Waals surface area (Å²) in [7, 11) is 0. The van der Waals surface area contributed by atoms with Crippen LogP contribution in [0.25, 0.3) is 10.4 Å². The maximum atomic E-state index is 12.1. The van der Waals surface area contributed by atoms with E-state index in [4.69, 9.17) is 14.9 Å². The van der Waals surface area contributed by atoms with E-state index in [1.807, 2.05) is 33.8 Å². The van der Waals surface area contributed by atoms with Gasteiger partial charge in [-0.15, -0.1) is 11.3 Å². The van der Waals surface area contributed by atoms with Gasteiger partial charge in [0, 0.05) is 16.9 Å². The monoisotopic (exact) mass is 293 g/mol. The van der Waals surface area contributed by atoms with E-state index in [1.165, 1.54) is 11.3 Å². The average Bonchev–Trinajstić information content (AvgIpc) is 2.91. The first-order chi connectivity index (χ1) is 9.31. The summed E-state index contributed by atoms with van der Waals surface area (Å²) in [4.78, 5) is 13.5. The molecule has 4 nitrogen and oxygen atoms in total. The smallest absolute Gasteiger partial charge is 0.350 e. The van der Waals surface area contributed by atoms with Crippen molar-refractivity contribution in [3.8, 4) is 10.4 Å². The number of esters is 1. The summed E-state index contributed by atoms with van der Waals surface area (Å²) < 4.78 is 10.8. The summed E-state index contributed by atoms with van der Waals surface area (Å²) in [5.41, 5.74) is 6.84. The van der Waals surface area contributed by atoms with Gasteiger partial charge in [-0.25, -0.2) is 4.79 Å². The van der Waals surface area contributed by atoms with Gasteiger partial charge in [0.25, 0.3) is 0 Å². The van der Waals surface area contributed by atoms with Crippen LogP contribution in [0.5, 0.6) is 0 Å². The Labute approximate surface area is 122 Å². The van der Waals surface area contributed by atoms with Gasteiger partial charge < -0.3 is 14.9 Å². The highest BCUT2D eigenvalue weighted by Gasteiger charge is 2.23. The van der Waals surface area contributed by atoms with Crippen molar-refractivity contribution in [1.82, 2.24) is 0 Å². The Balaban J connectivity index is 2.33. The first-order valence-corrected chi connectivity index (χ1v) is 7.33. The van der Waals surface area contributed by atoms with E-state index in [2.05, 4.69) is 0 Å². The number of hydrogen-bond donors (Lipinski definition) is 1. The minimum atomic E-state index is -0.530. The highest BCUT2D eigenvalue weighted by atomic mass is 32.1. The maximum absolute atomic E-state index is 12.1. The van der Waals surface area contributed by atoms with Crippen molar-refractivity contribution in [2.75, 3.05) is 5.73 Å². The molecule has 108 valence electrons. The summed E-state index contributed by atoms with van der Waals surface area (Å²) >= 11 is 1.34. The third-order valence-electron chi connectivity index (χ3n) is 2.68. The Morgan fingerprint density at radius 3 is 2.75 bits per heavy atom. The zero-order valence-electron chi connectivity index (χ0n) is 12.1. The quantitative estimate of drug-likeness (QED) is 0.865. The SMILES string of the molecule is CCc1occc1-c1cc(N)c(C(=O)OC(C)(C)C)s1. The van der Waals surface area contributed by atoms with E-state index in [9.17, 15) is 4.79 Å². The average molecular weight is 293 g/mol. The number of furan rings is 1. The molecule has 2 aromatic heterocycles. The molecule has 5 heteroatoms. The van der Waals surface area contributed by atoms with E-state index in [0.717, 1.165) is 22.6 Å². The van der Waals surface area contributed by atoms with Crippen molar-refractivity contribution in [2.24, 2.45) is 0 Å². The minimum Gasteiger partial charge on any atom is -0.469 e. The zero-order valence-corrected chi connectivity index (χ0v) is 13.0. The molecule has 0 aliphatic heterocycles. The lowest BCUT2D eigenvalue weighted by atomic mass is 10.2. The molecular formula is C15H19NO3S. The molecule has 2 rings (SSSR count). The van der Waals surface area contributed by atoms with Crippen LogP contribution in [0, 0.1) is 0 Å². The molecule has 0 atom stereocenters. The van der Waals surface area contributed by atoms with Crippen molar-refractivity contribution < 1.29 is 13.9 Å². The first-order valence-electron chi connectivity index (χ1n) is 6.51. The molecule has 0 amide bonds. The highest BCUT2D eigenvalue weighted by molar-refractivity contribution is 7.18. The molecule has 0 radical (unpaired) electrons. The molecule has 0 saturated carbocycles. The standard InChI is InChI=1S/C15H19NO3S/c1-5-11-9(6-7-18-11)12-8-10(16)13(20-12)14(17)19-15(2,3)4/h6-8H,5,16H2,1-4H3. The normalized spacial score (nSPS) is 11.6. The molecule has 2 aromatic rings. The Bertz CT molecular complexity index is 619. The number of ether oxygens (including phenoxy) is 1. The largest absolute Gasteiger partial charge is 0.469 e. The van der Waals surface area contributed by atoms with Crippen LogP contribution < -0.4 is 5.73 Å². The van der Waals surface area contributed by atoms with Gasteiger partial charge in [-0.2, -0.15) is 0 Å². The van der Waals surface area contributed by atoms with Crippen molar-refractivity contribution >= 4 is 23.0 Å². The lowest BCUT2D eigenvalue weighted by molar-refractivity contribution is 0.00764. The molecule has 2 heterocycles. The van der Waals surface area contributed by atoms with Crippen LogP contribution in [0.15, 0.2) is 22.8 Å². The van der Waals surface area contributed by atoms with Crippen LogP contribution in [0.2, 0.25) is 0 Å². The van der Waals surface area contributed by atoms with Crippen LogP contribution in [-0.2, 0) is 11.2 Å². The van der Waals surface area contributed by atoms with Crippen molar-refractivity contribution in [2.45, 2.75) is 39.7 Å². The lowest BCUT2D eigenvalue weighted by Crippen LogP contribution is -2.23. The molecule has 0 spiro atoms. The number of thiophene rings is 1. The lowest BCUT2D eigenvalue weighted by Gasteiger charge is -2.18. The number of carbonyl (C=O) groups excluding carboxylic acids is 1. The van der Waals surface area contributed by atoms with Gasteiger partial charge in [0.1, 0.15) is 16.2 Å². The predicted molar refractivity (Wildman–Crippen MR) is 81.0 cm³/mol. The van der Waals surface area contributed by atoms with E-state index in [1.54, 1.807) is 12.3 Å². The van der Waals surface area contributed by atoms with E-state index >= 15 is 0 Å². The van der Waals surface area contributed by atoms with Crippen LogP contribution in [0.4, 0.5) is 5.69 Å². The summed E-state index contributed by atoms with van der Waals surface area (Å²) in [6, 6.07) is 3.69. The van der Waals surface area contributed by atoms with E-state index in [0.29, 0.717) is 10.6 Å². The maximum Gasteiger partial charge on any atom is 0.350 e. The summed E-state index contributed by atoms with van der Waals surface area (Å²) in [6.45, 7) is 7.52. The van der Waals surface area contributed by atoms with Gasteiger partial charge in [-0.3, -0.25) is 0 Å². The predicted octanol–water partition coefficient (Wildman–Crippen LogP) is 4.11. The van der Waals surface area contributed by atoms with Gasteiger partial charge >= 0.3 is 5.97 Å². The Kier molecular flexibility index (Phi) is 3.90. The van der Waals surface area contributed by atoms with Crippen LogP contribution in [0.3, 0.4) is 0 Å². The Morgan fingerprint density at radius 2 is 2.15 bits per heavy atom. The number of rotatable bonds is 3. The molecule has 0 aromatic carbocycles. The van der Waals surface area contributed by atoms with Crippen LogP contribution in [0.1, 0.15) is 43.1 Å². The van der Waals surface area contributed by atoms with Gasteiger partial charge in [-0.1, -0.05) is 6.92 Å². The summed E-state index contributed by atoms with van der Waals surface area (Å²) in [5, 5.41) is 0. The summed E-state index contributed by atoms with van der Waals surface area (Å²) in [6.07, 6.45) is 2.44. The fourth-order valence-electron chi connectivity index (χ4n) is 1.86. The zero-order chi connectivity index (χ0) is 14.9. The summed E-state index contributed by atoms with van der Waals surface area (Å²) in [5.74, 6) is 0.509. The molecule has 0 saturated heterocycles. The third-order valence-corrected chi connectivity index (χ3v) is 3.84. The van der Waals surface area contributed by atoms with Crippen LogP contribution in [-0.4, -0.2) is 11.6 Å². The molecule has 0 unspecified atom stereocenters. The van der Waals surface area contributed by atoms with Crippen molar-refractivity contribution in [3.63, 3.8) is 0 Å². The minimum absolute atomic E-state index is 0.382. The molecular weight excluding hydrogens is 274 g/mol. The second kappa shape index (κ2) is 5.32. The van der Waals surface area contributed by atoms with Gasteiger partial charge in [0.05, 0.1) is 12.0 Å². The van der Waals surface area contributed by atoms with Gasteiger partial charge in [0.2, 0.25) is 0 Å². The molecule has 0 fully saturated rings. The fraction of sp³-hybridized carbons (Fsp3) is 0.400. The second-order valence-electron chi connectivity index (χ2n) is 5.51. The first kappa shape index (κ1) is 14.7. The fourth-order valence-corrected chi connectivity index (χ4v) is 2.86. The Hall–Kier alpha value is -1.75. The topological polar surface area (TPSA) is 65.5 Å². The Morgan fingerprint density at radius 1 is 1.45 bits per heavy atom. The van der Waals surface area contributed by atoms with Gasteiger partial charge in [-0.05, 0) is 32.9 Å². The molecule has 2 N–H and O–H groups in total. The molecule has 0 aliphatic rings. The highest BCUT2D eigenvalue weighted by Crippen LogP contribution is 2.36. The number of nitrogen functional groups attached to an aromatic ring is 1. The van der Waals surface area contributed by atoms with E-state index < -0.39 is 5.60 Å². The number of hydrogen-bond acceptors (Lipinski definition) is 5.